The molecule has 2 aromatic carbocycles. The zero-order valence-corrected chi connectivity index (χ0v) is 20.5. The Morgan fingerprint density at radius 2 is 2.00 bits per heavy atom. The van der Waals surface area contributed by atoms with Crippen molar-refractivity contribution in [2.75, 3.05) is 12.8 Å². The van der Waals surface area contributed by atoms with E-state index in [0.717, 1.165) is 12.5 Å². The summed E-state index contributed by atoms with van der Waals surface area (Å²) < 4.78 is 44.8. The maximum Gasteiger partial charge on any atom is 0.276 e. The van der Waals surface area contributed by atoms with Crippen molar-refractivity contribution in [3.05, 3.63) is 93.2 Å². The van der Waals surface area contributed by atoms with E-state index in [1.54, 1.807) is 30.3 Å². The van der Waals surface area contributed by atoms with Crippen molar-refractivity contribution in [3.63, 3.8) is 0 Å². The molecule has 0 bridgehead atoms. The minimum Gasteiger partial charge on any atom is -0.502 e. The predicted octanol–water partition coefficient (Wildman–Crippen LogP) is 2.27. The van der Waals surface area contributed by atoms with Crippen LogP contribution in [0.25, 0.3) is 0 Å². The highest BCUT2D eigenvalue weighted by Crippen LogP contribution is 2.38. The van der Waals surface area contributed by atoms with Gasteiger partial charge in [-0.3, -0.25) is 18.9 Å². The molecule has 2 heterocycles. The fraction of sp³-hybridized carbons (Fsp3) is 0.280. The van der Waals surface area contributed by atoms with Crippen molar-refractivity contribution >= 4 is 16.0 Å². The second-order valence-corrected chi connectivity index (χ2v) is 10.3. The largest absolute Gasteiger partial charge is 0.502 e. The molecule has 0 radical (unpaired) electrons. The third-order valence-electron chi connectivity index (χ3n) is 6.20. The number of benzene rings is 2. The van der Waals surface area contributed by atoms with Crippen LogP contribution in [0.1, 0.15) is 45.9 Å². The smallest absolute Gasteiger partial charge is 0.276 e. The summed E-state index contributed by atoms with van der Waals surface area (Å²) in [6.45, 7) is 0.187. The number of hydrogen-bond acceptors (Lipinski definition) is 8. The number of likely N-dealkylation sites (tertiary alicyclic amines) is 1. The van der Waals surface area contributed by atoms with E-state index in [4.69, 9.17) is 4.18 Å². The van der Waals surface area contributed by atoms with E-state index in [1.165, 1.54) is 23.1 Å². The van der Waals surface area contributed by atoms with Gasteiger partial charge in [-0.15, -0.1) is 0 Å². The van der Waals surface area contributed by atoms with Crippen molar-refractivity contribution in [2.45, 2.75) is 30.9 Å². The number of carbonyl (C=O) groups is 1. The molecule has 37 heavy (non-hydrogen) atoms. The summed E-state index contributed by atoms with van der Waals surface area (Å²) in [4.78, 5) is 26.6. The Labute approximate surface area is 212 Å². The monoisotopic (exact) mass is 526 g/mol. The maximum atomic E-state index is 14.3. The molecule has 3 aromatic rings. The second kappa shape index (κ2) is 10.5. The topological polar surface area (TPSA) is 153 Å². The van der Waals surface area contributed by atoms with Crippen LogP contribution in [0.3, 0.4) is 0 Å². The van der Waals surface area contributed by atoms with Gasteiger partial charge in [0, 0.05) is 12.5 Å². The highest BCUT2D eigenvalue weighted by Gasteiger charge is 2.43. The van der Waals surface area contributed by atoms with Gasteiger partial charge in [-0.25, -0.2) is 4.39 Å². The molecule has 2 N–H and O–H groups in total. The molecule has 12 heteroatoms. The molecular weight excluding hydrogens is 503 g/mol. The maximum absolute atomic E-state index is 14.3. The van der Waals surface area contributed by atoms with Gasteiger partial charge in [0.05, 0.1) is 30.1 Å². The number of nitrogens with zero attached hydrogens (tertiary/aromatic N) is 3. The quantitative estimate of drug-likeness (QED) is 0.445. The fourth-order valence-corrected chi connectivity index (χ4v) is 5.30. The molecule has 1 aromatic heterocycles. The molecule has 0 aliphatic carbocycles. The van der Waals surface area contributed by atoms with Crippen LogP contribution < -0.4 is 5.43 Å². The van der Waals surface area contributed by atoms with Crippen LogP contribution in [0, 0.1) is 17.1 Å². The Morgan fingerprint density at radius 3 is 2.65 bits per heavy atom. The van der Waals surface area contributed by atoms with E-state index < -0.39 is 56.8 Å². The number of aromatic nitrogens is 2. The first-order chi connectivity index (χ1) is 17.6. The first-order valence-corrected chi connectivity index (χ1v) is 13.1. The number of nitriles is 1. The third kappa shape index (κ3) is 5.68. The highest BCUT2D eigenvalue weighted by atomic mass is 32.2. The van der Waals surface area contributed by atoms with E-state index >= 15 is 0 Å². The zero-order valence-electron chi connectivity index (χ0n) is 19.7. The molecule has 0 saturated carbocycles. The second-order valence-electron chi connectivity index (χ2n) is 8.70. The molecule has 1 aliphatic rings. The van der Waals surface area contributed by atoms with Crippen molar-refractivity contribution < 1.29 is 26.9 Å². The van der Waals surface area contributed by atoms with Gasteiger partial charge in [0.2, 0.25) is 5.43 Å². The lowest BCUT2D eigenvalue weighted by atomic mass is 9.82. The standard InChI is InChI=1S/C25H23FN4O6S/c1-37(34,35)36-24(19-6-3-11-30(19)25(33)22-23(32)20(31)14-28-29-22)21(17-4-2-5-18(26)12-17)16-9-7-15(13-27)8-10-16/h2,4-5,7-10,12,14,19,21,24H,3,6,11H2,1H3,(H,28,32)(H,29,31)/t19-,21-,24+/m1/s1. The number of aromatic amines is 1. The van der Waals surface area contributed by atoms with E-state index in [0.29, 0.717) is 29.5 Å². The molecule has 0 unspecified atom stereocenters. The molecule has 3 atom stereocenters. The van der Waals surface area contributed by atoms with Gasteiger partial charge in [-0.1, -0.05) is 24.3 Å². The van der Waals surface area contributed by atoms with Gasteiger partial charge in [0.25, 0.3) is 16.0 Å². The van der Waals surface area contributed by atoms with Crippen LogP contribution >= 0.6 is 0 Å². The van der Waals surface area contributed by atoms with Crippen molar-refractivity contribution in [2.24, 2.45) is 0 Å². The van der Waals surface area contributed by atoms with Crippen molar-refractivity contribution in [1.29, 1.82) is 5.26 Å². The normalized spacial score (nSPS) is 17.2. The average Bonchev–Trinajstić information content (AvgIpc) is 3.34. The van der Waals surface area contributed by atoms with Crippen molar-refractivity contribution in [1.82, 2.24) is 15.1 Å². The van der Waals surface area contributed by atoms with Crippen LogP contribution in [0.15, 0.2) is 59.5 Å². The van der Waals surface area contributed by atoms with Gasteiger partial charge in [-0.2, -0.15) is 18.8 Å². The molecule has 0 spiro atoms. The summed E-state index contributed by atoms with van der Waals surface area (Å²) in [5.74, 6) is -2.98. The number of halogens is 1. The molecular formula is C25H23FN4O6S. The number of aromatic hydroxyl groups is 1. The van der Waals surface area contributed by atoms with E-state index in [1.807, 2.05) is 6.07 Å². The van der Waals surface area contributed by atoms with Crippen LogP contribution in [-0.4, -0.2) is 59.5 Å². The molecule has 1 aliphatic heterocycles. The number of hydrogen-bond donors (Lipinski definition) is 2. The Kier molecular flexibility index (Phi) is 7.37. The van der Waals surface area contributed by atoms with Gasteiger partial charge in [-0.05, 0) is 48.2 Å². The SMILES string of the molecule is CS(=O)(=O)O[C@H]([C@H](c1ccc(C#N)cc1)c1cccc(F)c1)[C@H]1CCCN1C(=O)c1[nH]ncc(=O)c1O. The first-order valence-electron chi connectivity index (χ1n) is 11.3. The molecule has 10 nitrogen and oxygen atoms in total. The molecule has 1 saturated heterocycles. The summed E-state index contributed by atoms with van der Waals surface area (Å²) in [5, 5.41) is 25.3. The zero-order chi connectivity index (χ0) is 26.7. The van der Waals surface area contributed by atoms with Gasteiger partial charge < -0.3 is 10.0 Å². The van der Waals surface area contributed by atoms with Crippen LogP contribution in [0.5, 0.6) is 5.75 Å². The number of carbonyl (C=O) groups excluding carboxylic acids is 1. The number of rotatable bonds is 7. The van der Waals surface area contributed by atoms with Gasteiger partial charge >= 0.3 is 0 Å². The van der Waals surface area contributed by atoms with Crippen molar-refractivity contribution in [3.8, 4) is 11.8 Å². The lowest BCUT2D eigenvalue weighted by Gasteiger charge is -2.36. The highest BCUT2D eigenvalue weighted by molar-refractivity contribution is 7.86. The van der Waals surface area contributed by atoms with Gasteiger partial charge in [0.1, 0.15) is 11.9 Å². The summed E-state index contributed by atoms with van der Waals surface area (Å²) in [7, 11) is -4.08. The Balaban J connectivity index is 1.85. The minimum atomic E-state index is -4.08. The summed E-state index contributed by atoms with van der Waals surface area (Å²) in [6.07, 6.45) is 1.32. The van der Waals surface area contributed by atoms with E-state index in [-0.39, 0.29) is 6.54 Å². The third-order valence-corrected chi connectivity index (χ3v) is 6.77. The van der Waals surface area contributed by atoms with Crippen LogP contribution in [-0.2, 0) is 14.3 Å². The van der Waals surface area contributed by atoms with Crippen LogP contribution in [0.2, 0.25) is 0 Å². The van der Waals surface area contributed by atoms with Gasteiger partial charge in [0.15, 0.2) is 11.4 Å². The lowest BCUT2D eigenvalue weighted by Crippen LogP contribution is -2.47. The predicted molar refractivity (Wildman–Crippen MR) is 130 cm³/mol. The molecule has 1 amide bonds. The Morgan fingerprint density at radius 1 is 1.27 bits per heavy atom. The number of H-pyrrole nitrogens is 1. The number of amides is 1. The first kappa shape index (κ1) is 26.0. The van der Waals surface area contributed by atoms with Crippen LogP contribution in [0.4, 0.5) is 4.39 Å². The summed E-state index contributed by atoms with van der Waals surface area (Å²) in [6, 6.07) is 13.1. The number of nitrogens with one attached hydrogen (secondary N) is 1. The Hall–Kier alpha value is -4.08. The molecule has 4 rings (SSSR count). The van der Waals surface area contributed by atoms with E-state index in [2.05, 4.69) is 10.2 Å². The lowest BCUT2D eigenvalue weighted by molar-refractivity contribution is 0.0526. The molecule has 192 valence electrons. The molecule has 1 fully saturated rings. The Bertz CT molecular complexity index is 1520. The fourth-order valence-electron chi connectivity index (χ4n) is 4.65. The van der Waals surface area contributed by atoms with E-state index in [9.17, 15) is 32.8 Å². The average molecular weight is 527 g/mol. The summed E-state index contributed by atoms with van der Waals surface area (Å²) >= 11 is 0. The minimum absolute atomic E-state index is 0.187. The summed E-state index contributed by atoms with van der Waals surface area (Å²) in [5.41, 5.74) is 0.0247.